The number of morpholine rings is 1. The molecular formula is C14H24N4O. The summed E-state index contributed by atoms with van der Waals surface area (Å²) in [5.74, 6) is 1.52. The molecule has 1 aliphatic heterocycles. The summed E-state index contributed by atoms with van der Waals surface area (Å²) in [7, 11) is 2.03. The Kier molecular flexibility index (Phi) is 5.10. The third kappa shape index (κ3) is 4.44. The first-order valence-corrected chi connectivity index (χ1v) is 7.01. The predicted octanol–water partition coefficient (Wildman–Crippen LogP) is 1.10. The molecule has 1 saturated heterocycles. The highest BCUT2D eigenvalue weighted by molar-refractivity contribution is 5.36. The largest absolute Gasteiger partial charge is 0.374 e. The molecule has 2 heterocycles. The van der Waals surface area contributed by atoms with Crippen molar-refractivity contribution in [3.8, 4) is 0 Å². The van der Waals surface area contributed by atoms with Crippen molar-refractivity contribution in [3.05, 3.63) is 17.8 Å². The summed E-state index contributed by atoms with van der Waals surface area (Å²) in [6.07, 6.45) is 1.21. The molecule has 0 aromatic carbocycles. The standard InChI is InChI=1S/C14H24N4O/c1-11(2)8-12-4-5-14(17-16-12)18(3)10-13-9-15-6-7-19-13/h4-5,11,13,15H,6-10H2,1-3H3. The van der Waals surface area contributed by atoms with E-state index in [-0.39, 0.29) is 6.10 Å². The maximum Gasteiger partial charge on any atom is 0.151 e. The van der Waals surface area contributed by atoms with Gasteiger partial charge in [-0.2, -0.15) is 5.10 Å². The van der Waals surface area contributed by atoms with Crippen LogP contribution >= 0.6 is 0 Å². The molecule has 106 valence electrons. The van der Waals surface area contributed by atoms with Gasteiger partial charge in [0.1, 0.15) is 0 Å². The first-order valence-electron chi connectivity index (χ1n) is 7.01. The Hall–Kier alpha value is -1.20. The second kappa shape index (κ2) is 6.82. The number of anilines is 1. The Bertz CT molecular complexity index is 374. The molecule has 19 heavy (non-hydrogen) atoms. The molecule has 0 spiro atoms. The van der Waals surface area contributed by atoms with Gasteiger partial charge >= 0.3 is 0 Å². The molecule has 0 bridgehead atoms. The molecule has 1 aromatic rings. The van der Waals surface area contributed by atoms with Gasteiger partial charge in [0.25, 0.3) is 0 Å². The second-order valence-corrected chi connectivity index (χ2v) is 5.56. The van der Waals surface area contributed by atoms with Crippen molar-refractivity contribution in [1.82, 2.24) is 15.5 Å². The van der Waals surface area contributed by atoms with E-state index in [2.05, 4.69) is 40.3 Å². The molecule has 0 radical (unpaired) electrons. The van der Waals surface area contributed by atoms with E-state index in [1.807, 2.05) is 13.1 Å². The Morgan fingerprint density at radius 2 is 2.26 bits per heavy atom. The van der Waals surface area contributed by atoms with Crippen LogP contribution in [0.3, 0.4) is 0 Å². The van der Waals surface area contributed by atoms with Crippen LogP contribution in [0.15, 0.2) is 12.1 Å². The SMILES string of the molecule is CC(C)Cc1ccc(N(C)CC2CNCCO2)nn1. The summed E-state index contributed by atoms with van der Waals surface area (Å²) in [6.45, 7) is 7.86. The van der Waals surface area contributed by atoms with E-state index in [9.17, 15) is 0 Å². The van der Waals surface area contributed by atoms with E-state index in [1.54, 1.807) is 0 Å². The van der Waals surface area contributed by atoms with E-state index >= 15 is 0 Å². The van der Waals surface area contributed by atoms with Crippen molar-refractivity contribution in [3.63, 3.8) is 0 Å². The van der Waals surface area contributed by atoms with Gasteiger partial charge in [0.05, 0.1) is 18.4 Å². The highest BCUT2D eigenvalue weighted by Gasteiger charge is 2.16. The average Bonchev–Trinajstić information content (AvgIpc) is 2.40. The lowest BCUT2D eigenvalue weighted by Gasteiger charge is -2.28. The monoisotopic (exact) mass is 264 g/mol. The fourth-order valence-electron chi connectivity index (χ4n) is 2.22. The summed E-state index contributed by atoms with van der Waals surface area (Å²) < 4.78 is 5.69. The fourth-order valence-corrected chi connectivity index (χ4v) is 2.22. The number of hydrogen-bond donors (Lipinski definition) is 1. The van der Waals surface area contributed by atoms with Crippen LogP contribution in [0.2, 0.25) is 0 Å². The van der Waals surface area contributed by atoms with Crippen LogP contribution in [0.5, 0.6) is 0 Å². The van der Waals surface area contributed by atoms with Crippen LogP contribution in [0.25, 0.3) is 0 Å². The predicted molar refractivity (Wildman–Crippen MR) is 76.5 cm³/mol. The quantitative estimate of drug-likeness (QED) is 0.863. The van der Waals surface area contributed by atoms with Crippen molar-refractivity contribution >= 4 is 5.82 Å². The lowest BCUT2D eigenvalue weighted by molar-refractivity contribution is 0.0339. The Morgan fingerprint density at radius 1 is 1.42 bits per heavy atom. The molecule has 1 N–H and O–H groups in total. The number of rotatable bonds is 5. The number of nitrogens with one attached hydrogen (secondary N) is 1. The highest BCUT2D eigenvalue weighted by atomic mass is 16.5. The molecule has 1 aliphatic rings. The Morgan fingerprint density at radius 3 is 2.84 bits per heavy atom. The first-order chi connectivity index (χ1) is 9.15. The van der Waals surface area contributed by atoms with Gasteiger partial charge in [0.15, 0.2) is 5.82 Å². The van der Waals surface area contributed by atoms with Gasteiger partial charge in [-0.1, -0.05) is 13.8 Å². The van der Waals surface area contributed by atoms with Gasteiger partial charge in [-0.05, 0) is 24.5 Å². The summed E-state index contributed by atoms with van der Waals surface area (Å²) >= 11 is 0. The van der Waals surface area contributed by atoms with Crippen molar-refractivity contribution in [2.75, 3.05) is 38.2 Å². The van der Waals surface area contributed by atoms with Crippen LogP contribution < -0.4 is 10.2 Å². The number of hydrogen-bond acceptors (Lipinski definition) is 5. The fraction of sp³-hybridized carbons (Fsp3) is 0.714. The third-order valence-electron chi connectivity index (χ3n) is 3.20. The van der Waals surface area contributed by atoms with E-state index in [1.165, 1.54) is 0 Å². The van der Waals surface area contributed by atoms with Crippen molar-refractivity contribution in [2.24, 2.45) is 5.92 Å². The zero-order chi connectivity index (χ0) is 13.7. The van der Waals surface area contributed by atoms with E-state index in [4.69, 9.17) is 4.74 Å². The first kappa shape index (κ1) is 14.2. The molecule has 2 rings (SSSR count). The van der Waals surface area contributed by atoms with Gasteiger partial charge in [0.2, 0.25) is 0 Å². The summed E-state index contributed by atoms with van der Waals surface area (Å²) in [5.41, 5.74) is 1.06. The Balaban J connectivity index is 1.89. The van der Waals surface area contributed by atoms with Gasteiger partial charge in [-0.15, -0.1) is 5.10 Å². The highest BCUT2D eigenvalue weighted by Crippen LogP contribution is 2.11. The molecule has 5 nitrogen and oxygen atoms in total. The number of ether oxygens (including phenoxy) is 1. The topological polar surface area (TPSA) is 50.3 Å². The minimum atomic E-state index is 0.232. The van der Waals surface area contributed by atoms with Gasteiger partial charge in [-0.25, -0.2) is 0 Å². The minimum Gasteiger partial charge on any atom is -0.374 e. The van der Waals surface area contributed by atoms with Crippen molar-refractivity contribution in [1.29, 1.82) is 0 Å². The number of aromatic nitrogens is 2. The molecule has 0 saturated carbocycles. The van der Waals surface area contributed by atoms with Crippen LogP contribution in [0, 0.1) is 5.92 Å². The Labute approximate surface area is 115 Å². The zero-order valence-corrected chi connectivity index (χ0v) is 12.1. The van der Waals surface area contributed by atoms with E-state index in [0.29, 0.717) is 5.92 Å². The molecule has 0 amide bonds. The maximum absolute atomic E-state index is 5.69. The normalized spacial score (nSPS) is 19.7. The van der Waals surface area contributed by atoms with E-state index < -0.39 is 0 Å². The summed E-state index contributed by atoms with van der Waals surface area (Å²) in [6, 6.07) is 4.11. The minimum absolute atomic E-state index is 0.232. The summed E-state index contributed by atoms with van der Waals surface area (Å²) in [5, 5.41) is 11.9. The number of likely N-dealkylation sites (N-methyl/N-ethyl adjacent to an activating group) is 1. The van der Waals surface area contributed by atoms with Crippen molar-refractivity contribution < 1.29 is 4.74 Å². The van der Waals surface area contributed by atoms with Crippen molar-refractivity contribution in [2.45, 2.75) is 26.4 Å². The molecular weight excluding hydrogens is 240 g/mol. The smallest absolute Gasteiger partial charge is 0.151 e. The molecule has 1 aromatic heterocycles. The second-order valence-electron chi connectivity index (χ2n) is 5.56. The van der Waals surface area contributed by atoms with Crippen LogP contribution in [0.4, 0.5) is 5.82 Å². The van der Waals surface area contributed by atoms with Crippen LogP contribution in [-0.4, -0.2) is 49.6 Å². The number of nitrogens with zero attached hydrogens (tertiary/aromatic N) is 3. The molecule has 1 unspecified atom stereocenters. The average molecular weight is 264 g/mol. The molecule has 1 fully saturated rings. The summed E-state index contributed by atoms with van der Waals surface area (Å²) in [4.78, 5) is 2.10. The molecule has 0 aliphatic carbocycles. The lowest BCUT2D eigenvalue weighted by atomic mass is 10.1. The third-order valence-corrected chi connectivity index (χ3v) is 3.20. The van der Waals surface area contributed by atoms with Crippen LogP contribution in [-0.2, 0) is 11.2 Å². The van der Waals surface area contributed by atoms with Gasteiger partial charge in [0, 0.05) is 26.7 Å². The van der Waals surface area contributed by atoms with E-state index in [0.717, 1.165) is 44.2 Å². The van der Waals surface area contributed by atoms with Crippen LogP contribution in [0.1, 0.15) is 19.5 Å². The lowest BCUT2D eigenvalue weighted by Crippen LogP contribution is -2.44. The molecule has 1 atom stereocenters. The van der Waals surface area contributed by atoms with Gasteiger partial charge < -0.3 is 15.0 Å². The van der Waals surface area contributed by atoms with Gasteiger partial charge in [-0.3, -0.25) is 0 Å². The zero-order valence-electron chi connectivity index (χ0n) is 12.1. The maximum atomic E-state index is 5.69. The molecule has 5 heteroatoms.